The van der Waals surface area contributed by atoms with Gasteiger partial charge in [-0.1, -0.05) is 37.5 Å². The van der Waals surface area contributed by atoms with Crippen LogP contribution in [0.3, 0.4) is 0 Å². The number of hydrogen-bond donors (Lipinski definition) is 1. The van der Waals surface area contributed by atoms with Crippen molar-refractivity contribution in [3.8, 4) is 17.0 Å². The number of nitrogens with zero attached hydrogens (tertiary/aromatic N) is 4. The lowest BCUT2D eigenvalue weighted by atomic mass is 9.81. The van der Waals surface area contributed by atoms with E-state index in [0.717, 1.165) is 83.6 Å². The number of methoxy groups -OCH3 is 1. The summed E-state index contributed by atoms with van der Waals surface area (Å²) in [6.45, 7) is 2.86. The van der Waals surface area contributed by atoms with Gasteiger partial charge in [-0.2, -0.15) is 12.7 Å². The lowest BCUT2D eigenvalue weighted by Gasteiger charge is -2.33. The Morgan fingerprint density at radius 1 is 1.00 bits per heavy atom. The molecule has 10 nitrogen and oxygen atoms in total. The van der Waals surface area contributed by atoms with Crippen molar-refractivity contribution in [2.45, 2.75) is 63.5 Å². The molecule has 0 radical (unpaired) electrons. The molecular weight excluding hydrogens is 614 g/mol. The second-order valence-electron chi connectivity index (χ2n) is 13.9. The maximum Gasteiger partial charge on any atom is 0.303 e. The Hall–Kier alpha value is -3.67. The highest BCUT2D eigenvalue weighted by Crippen LogP contribution is 2.48. The smallest absolute Gasteiger partial charge is 0.303 e. The molecule has 2 aromatic carbocycles. The van der Waals surface area contributed by atoms with Crippen molar-refractivity contribution in [1.82, 2.24) is 23.4 Å². The van der Waals surface area contributed by atoms with Gasteiger partial charge in [-0.25, -0.2) is 4.72 Å². The molecule has 1 saturated carbocycles. The number of benzene rings is 2. The zero-order chi connectivity index (χ0) is 33.0. The molecule has 7 rings (SSSR count). The molecule has 3 aromatic rings. The third-order valence-electron chi connectivity index (χ3n) is 10.9. The summed E-state index contributed by atoms with van der Waals surface area (Å²) < 4.78 is 36.4. The molecule has 3 aliphatic heterocycles. The Morgan fingerprint density at radius 2 is 1.79 bits per heavy atom. The van der Waals surface area contributed by atoms with Crippen molar-refractivity contribution in [1.29, 1.82) is 0 Å². The van der Waals surface area contributed by atoms with Crippen molar-refractivity contribution in [2.75, 3.05) is 47.9 Å². The fourth-order valence-corrected chi connectivity index (χ4v) is 8.95. The number of likely N-dealkylation sites (tertiary alicyclic amines) is 2. The van der Waals surface area contributed by atoms with E-state index in [1.54, 1.807) is 19.2 Å². The minimum absolute atomic E-state index is 0.0320. The Balaban J connectivity index is 1.39. The molecule has 4 aliphatic rings. The molecule has 2 unspecified atom stereocenters. The molecule has 3 fully saturated rings. The number of aromatic nitrogens is 1. The summed E-state index contributed by atoms with van der Waals surface area (Å²) in [6, 6.07) is 11.9. The number of likely N-dealkylation sites (N-methyl/N-ethyl adjacent to an activating group) is 1. The fourth-order valence-electron chi connectivity index (χ4n) is 8.42. The highest BCUT2D eigenvalue weighted by atomic mass is 32.2. The third-order valence-corrected chi connectivity index (χ3v) is 12.3. The van der Waals surface area contributed by atoms with Gasteiger partial charge in [0.05, 0.1) is 19.3 Å². The van der Waals surface area contributed by atoms with Gasteiger partial charge in [0.2, 0.25) is 0 Å². The monoisotopic (exact) mass is 659 g/mol. The molecule has 4 heterocycles. The molecule has 11 heteroatoms. The van der Waals surface area contributed by atoms with Gasteiger partial charge in [-0.3, -0.25) is 9.59 Å². The lowest BCUT2D eigenvalue weighted by Crippen LogP contribution is -2.42. The van der Waals surface area contributed by atoms with Crippen LogP contribution >= 0.6 is 0 Å². The summed E-state index contributed by atoms with van der Waals surface area (Å²) in [5.41, 5.74) is 5.91. The van der Waals surface area contributed by atoms with Gasteiger partial charge in [0.25, 0.3) is 11.8 Å². The molecule has 1 aromatic heterocycles. The highest BCUT2D eigenvalue weighted by Gasteiger charge is 2.41. The second kappa shape index (κ2) is 12.4. The predicted molar refractivity (Wildman–Crippen MR) is 184 cm³/mol. The van der Waals surface area contributed by atoms with Gasteiger partial charge in [-0.15, -0.1) is 0 Å². The van der Waals surface area contributed by atoms with Crippen LogP contribution in [-0.4, -0.2) is 92.8 Å². The minimum Gasteiger partial charge on any atom is -0.496 e. The van der Waals surface area contributed by atoms with Crippen molar-refractivity contribution in [3.05, 3.63) is 58.7 Å². The number of nitrogens with one attached hydrogen (secondary N) is 1. The van der Waals surface area contributed by atoms with E-state index in [0.29, 0.717) is 42.3 Å². The average molecular weight is 660 g/mol. The molecule has 2 amide bonds. The van der Waals surface area contributed by atoms with E-state index >= 15 is 0 Å². The van der Waals surface area contributed by atoms with Crippen LogP contribution < -0.4 is 9.46 Å². The lowest BCUT2D eigenvalue weighted by molar-refractivity contribution is -0.126. The largest absolute Gasteiger partial charge is 0.496 e. The molecule has 0 spiro atoms. The van der Waals surface area contributed by atoms with E-state index in [1.165, 1.54) is 26.1 Å². The SMILES string of the molecule is COc1cccc2c1C=C(C(=O)N1CC3CCCN(C)C3C1)Cn1c-2c(C2CCCCC2)c2ccc(C(=O)NS(=O)(=O)N(C)C)cc21. The molecular formula is C36H45N5O5S. The number of carbonyl (C=O) groups excluding carboxylic acids is 2. The summed E-state index contributed by atoms with van der Waals surface area (Å²) in [6.07, 6.45) is 9.97. The summed E-state index contributed by atoms with van der Waals surface area (Å²) in [4.78, 5) is 32.3. The Morgan fingerprint density at radius 3 is 2.51 bits per heavy atom. The highest BCUT2D eigenvalue weighted by molar-refractivity contribution is 7.87. The summed E-state index contributed by atoms with van der Waals surface area (Å²) in [5, 5.41) is 1.04. The van der Waals surface area contributed by atoms with Crippen LogP contribution in [0.4, 0.5) is 0 Å². The summed E-state index contributed by atoms with van der Waals surface area (Å²) in [5.74, 6) is 0.854. The fraction of sp³-hybridized carbons (Fsp3) is 0.500. The van der Waals surface area contributed by atoms with Crippen LogP contribution in [0.1, 0.15) is 72.3 Å². The van der Waals surface area contributed by atoms with Crippen molar-refractivity contribution >= 4 is 39.0 Å². The van der Waals surface area contributed by atoms with Gasteiger partial charge >= 0.3 is 10.2 Å². The third kappa shape index (κ3) is 5.66. The minimum atomic E-state index is -3.97. The van der Waals surface area contributed by atoms with Gasteiger partial charge in [0.15, 0.2) is 0 Å². The van der Waals surface area contributed by atoms with Gasteiger partial charge < -0.3 is 19.1 Å². The number of fused-ring (bicyclic) bond motifs is 6. The van der Waals surface area contributed by atoms with Crippen LogP contribution in [0.2, 0.25) is 0 Å². The average Bonchev–Trinajstić information content (AvgIpc) is 3.59. The predicted octanol–water partition coefficient (Wildman–Crippen LogP) is 4.85. The van der Waals surface area contributed by atoms with E-state index in [1.807, 2.05) is 29.2 Å². The molecule has 1 aliphatic carbocycles. The Labute approximate surface area is 277 Å². The Bertz CT molecular complexity index is 1870. The maximum absolute atomic E-state index is 14.5. The van der Waals surface area contributed by atoms with E-state index in [4.69, 9.17) is 4.74 Å². The van der Waals surface area contributed by atoms with E-state index < -0.39 is 16.1 Å². The summed E-state index contributed by atoms with van der Waals surface area (Å²) in [7, 11) is 2.62. The van der Waals surface area contributed by atoms with Crippen molar-refractivity contribution in [2.24, 2.45) is 5.92 Å². The normalized spacial score (nSPS) is 22.0. The number of hydrogen-bond acceptors (Lipinski definition) is 6. The van der Waals surface area contributed by atoms with E-state index in [-0.39, 0.29) is 11.5 Å². The quantitative estimate of drug-likeness (QED) is 0.406. The summed E-state index contributed by atoms with van der Waals surface area (Å²) >= 11 is 0. The van der Waals surface area contributed by atoms with Crippen molar-refractivity contribution < 1.29 is 22.7 Å². The van der Waals surface area contributed by atoms with Gasteiger partial charge in [0.1, 0.15) is 5.75 Å². The molecule has 2 atom stereocenters. The van der Waals surface area contributed by atoms with Crippen LogP contribution in [0.25, 0.3) is 28.2 Å². The van der Waals surface area contributed by atoms with E-state index in [9.17, 15) is 18.0 Å². The first kappa shape index (κ1) is 31.9. The molecule has 250 valence electrons. The topological polar surface area (TPSA) is 104 Å². The molecule has 1 N–H and O–H groups in total. The van der Waals surface area contributed by atoms with Crippen LogP contribution in [0.5, 0.6) is 5.75 Å². The first-order valence-electron chi connectivity index (χ1n) is 16.9. The van der Waals surface area contributed by atoms with Gasteiger partial charge in [0, 0.05) is 66.4 Å². The van der Waals surface area contributed by atoms with E-state index in [2.05, 4.69) is 27.3 Å². The number of carbonyl (C=O) groups is 2. The molecule has 47 heavy (non-hydrogen) atoms. The number of amides is 2. The number of rotatable bonds is 6. The standard InChI is InChI=1S/C36H45N5O5S/c1-38(2)47(44,45)37-35(42)24-15-16-28-30(19-24)41-21-26(36(43)40-20-25-12-9-17-39(3)31(25)22-40)18-29-27(13-8-14-32(29)46-4)34(41)33(28)23-10-6-5-7-11-23/h8,13-16,18-19,23,25,31H,5-7,9-12,17,20-22H2,1-4H3,(H,37,42). The maximum atomic E-state index is 14.5. The first-order valence-corrected chi connectivity index (χ1v) is 18.3. The zero-order valence-electron chi connectivity index (χ0n) is 27.8. The van der Waals surface area contributed by atoms with Crippen LogP contribution in [0.15, 0.2) is 42.0 Å². The number of ether oxygens (including phenoxy) is 1. The Kier molecular flexibility index (Phi) is 8.42. The van der Waals surface area contributed by atoms with Crippen molar-refractivity contribution in [3.63, 3.8) is 0 Å². The van der Waals surface area contributed by atoms with Crippen LogP contribution in [-0.2, 0) is 21.5 Å². The molecule has 2 saturated heterocycles. The number of piperidine rings is 1. The molecule has 0 bridgehead atoms. The van der Waals surface area contributed by atoms with Gasteiger partial charge in [-0.05, 0) is 81.0 Å². The second-order valence-corrected chi connectivity index (χ2v) is 15.8. The van der Waals surface area contributed by atoms with Crippen LogP contribution in [0, 0.1) is 5.92 Å². The first-order chi connectivity index (χ1) is 22.6. The zero-order valence-corrected chi connectivity index (χ0v) is 28.6.